The Morgan fingerprint density at radius 3 is 3.00 bits per heavy atom. The molecule has 0 bridgehead atoms. The number of fused-ring (bicyclic) bond motifs is 1. The third kappa shape index (κ3) is 1.87. The summed E-state index contributed by atoms with van der Waals surface area (Å²) in [5.74, 6) is -0.827. The predicted octanol–water partition coefficient (Wildman–Crippen LogP) is 2.08. The normalized spacial score (nSPS) is 10.7. The quantitative estimate of drug-likeness (QED) is 0.838. The molecule has 1 aromatic carbocycles. The van der Waals surface area contributed by atoms with Crippen LogP contribution in [0, 0.1) is 0 Å². The van der Waals surface area contributed by atoms with Gasteiger partial charge < -0.3 is 10.1 Å². The van der Waals surface area contributed by atoms with E-state index < -0.39 is 5.97 Å². The third-order valence-electron chi connectivity index (χ3n) is 2.27. The molecule has 0 fully saturated rings. The van der Waals surface area contributed by atoms with E-state index in [0.29, 0.717) is 5.33 Å². The first-order valence-electron chi connectivity index (χ1n) is 4.44. The molecular formula is C10H9BrN2O2. The summed E-state index contributed by atoms with van der Waals surface area (Å²) in [5, 5.41) is 9.37. The standard InChI is InChI=1S/C10H9BrN2O2/c11-4-7-6(3-9(14)15)1-2-8-10(7)13-5-12-8/h1-2,5H,3-4H2,(H,12,13)(H,14,15). The topological polar surface area (TPSA) is 66.0 Å². The Labute approximate surface area is 94.5 Å². The van der Waals surface area contributed by atoms with Gasteiger partial charge >= 0.3 is 5.97 Å². The van der Waals surface area contributed by atoms with Crippen molar-refractivity contribution in [3.05, 3.63) is 29.6 Å². The van der Waals surface area contributed by atoms with Crippen molar-refractivity contribution < 1.29 is 9.90 Å². The monoisotopic (exact) mass is 268 g/mol. The maximum absolute atomic E-state index is 10.7. The van der Waals surface area contributed by atoms with Gasteiger partial charge in [-0.1, -0.05) is 22.0 Å². The second-order valence-electron chi connectivity index (χ2n) is 3.21. The molecule has 2 aromatic rings. The van der Waals surface area contributed by atoms with Gasteiger partial charge in [-0.25, -0.2) is 4.98 Å². The summed E-state index contributed by atoms with van der Waals surface area (Å²) in [6.07, 6.45) is 1.64. The highest BCUT2D eigenvalue weighted by Crippen LogP contribution is 2.22. The molecule has 0 saturated carbocycles. The van der Waals surface area contributed by atoms with Gasteiger partial charge in [-0.3, -0.25) is 4.79 Å². The number of hydrogen-bond acceptors (Lipinski definition) is 2. The number of aromatic amines is 1. The number of hydrogen-bond donors (Lipinski definition) is 2. The van der Waals surface area contributed by atoms with Crippen LogP contribution in [0.3, 0.4) is 0 Å². The first kappa shape index (κ1) is 10.2. The van der Waals surface area contributed by atoms with Crippen molar-refractivity contribution in [3.63, 3.8) is 0 Å². The van der Waals surface area contributed by atoms with Crippen molar-refractivity contribution in [2.24, 2.45) is 0 Å². The molecule has 15 heavy (non-hydrogen) atoms. The molecule has 0 amide bonds. The average molecular weight is 269 g/mol. The summed E-state index contributed by atoms with van der Waals surface area (Å²) in [7, 11) is 0. The smallest absolute Gasteiger partial charge is 0.307 e. The zero-order valence-electron chi connectivity index (χ0n) is 7.83. The molecule has 2 N–H and O–H groups in total. The number of halogens is 1. The first-order valence-corrected chi connectivity index (χ1v) is 5.56. The molecular weight excluding hydrogens is 260 g/mol. The number of H-pyrrole nitrogens is 1. The summed E-state index contributed by atoms with van der Waals surface area (Å²) >= 11 is 3.36. The highest BCUT2D eigenvalue weighted by atomic mass is 79.9. The van der Waals surface area contributed by atoms with Crippen molar-refractivity contribution in [1.82, 2.24) is 9.97 Å². The molecule has 4 nitrogen and oxygen atoms in total. The van der Waals surface area contributed by atoms with Crippen LogP contribution < -0.4 is 0 Å². The summed E-state index contributed by atoms with van der Waals surface area (Å²) in [6, 6.07) is 3.68. The van der Waals surface area contributed by atoms with Crippen molar-refractivity contribution in [1.29, 1.82) is 0 Å². The number of alkyl halides is 1. The Hall–Kier alpha value is -1.36. The van der Waals surface area contributed by atoms with E-state index in [2.05, 4.69) is 25.9 Å². The summed E-state index contributed by atoms with van der Waals surface area (Å²) in [6.45, 7) is 0. The molecule has 0 atom stereocenters. The molecule has 0 spiro atoms. The van der Waals surface area contributed by atoms with E-state index in [-0.39, 0.29) is 6.42 Å². The highest BCUT2D eigenvalue weighted by Gasteiger charge is 2.10. The largest absolute Gasteiger partial charge is 0.481 e. The van der Waals surface area contributed by atoms with Gasteiger partial charge in [0.15, 0.2) is 0 Å². The number of aliphatic carboxylic acids is 1. The Balaban J connectivity index is 2.58. The Morgan fingerprint density at radius 1 is 1.53 bits per heavy atom. The lowest BCUT2D eigenvalue weighted by atomic mass is 10.0. The van der Waals surface area contributed by atoms with E-state index in [9.17, 15) is 4.79 Å². The van der Waals surface area contributed by atoms with Gasteiger partial charge in [0, 0.05) is 5.33 Å². The molecule has 1 aromatic heterocycles. The first-order chi connectivity index (χ1) is 7.22. The van der Waals surface area contributed by atoms with Gasteiger partial charge in [-0.15, -0.1) is 0 Å². The van der Waals surface area contributed by atoms with Crippen LogP contribution in [0.25, 0.3) is 11.0 Å². The maximum Gasteiger partial charge on any atom is 0.307 e. The van der Waals surface area contributed by atoms with Gasteiger partial charge in [0.05, 0.1) is 23.8 Å². The number of carboxylic acids is 1. The molecule has 0 unspecified atom stereocenters. The van der Waals surface area contributed by atoms with Gasteiger partial charge in [-0.2, -0.15) is 0 Å². The lowest BCUT2D eigenvalue weighted by Gasteiger charge is -2.05. The Kier molecular flexibility index (Phi) is 2.73. The number of rotatable bonds is 3. The molecule has 0 saturated heterocycles. The number of carboxylic acid groups (broad SMARTS) is 1. The van der Waals surface area contributed by atoms with Crippen LogP contribution in [0.15, 0.2) is 18.5 Å². The molecule has 0 radical (unpaired) electrons. The number of imidazole rings is 1. The van der Waals surface area contributed by atoms with Crippen LogP contribution in [0.1, 0.15) is 11.1 Å². The molecule has 2 rings (SSSR count). The number of benzene rings is 1. The van der Waals surface area contributed by atoms with Crippen LogP contribution in [-0.4, -0.2) is 21.0 Å². The summed E-state index contributed by atoms with van der Waals surface area (Å²) < 4.78 is 0. The van der Waals surface area contributed by atoms with E-state index in [4.69, 9.17) is 5.11 Å². The Morgan fingerprint density at radius 2 is 2.33 bits per heavy atom. The zero-order chi connectivity index (χ0) is 10.8. The predicted molar refractivity (Wildman–Crippen MR) is 60.1 cm³/mol. The lowest BCUT2D eigenvalue weighted by molar-refractivity contribution is -0.136. The maximum atomic E-state index is 10.7. The van der Waals surface area contributed by atoms with Crippen molar-refractivity contribution in [2.75, 3.05) is 0 Å². The molecule has 1 heterocycles. The van der Waals surface area contributed by atoms with E-state index in [1.165, 1.54) is 0 Å². The van der Waals surface area contributed by atoms with Gasteiger partial charge in [0.25, 0.3) is 0 Å². The number of aromatic nitrogens is 2. The van der Waals surface area contributed by atoms with Crippen LogP contribution in [0.4, 0.5) is 0 Å². The molecule has 0 aliphatic heterocycles. The lowest BCUT2D eigenvalue weighted by Crippen LogP contribution is -2.03. The average Bonchev–Trinajstić information content (AvgIpc) is 2.64. The fourth-order valence-electron chi connectivity index (χ4n) is 1.59. The van der Waals surface area contributed by atoms with Gasteiger partial charge in [-0.05, 0) is 17.2 Å². The number of nitrogens with one attached hydrogen (secondary N) is 1. The van der Waals surface area contributed by atoms with Crippen molar-refractivity contribution in [2.45, 2.75) is 11.8 Å². The second-order valence-corrected chi connectivity index (χ2v) is 3.77. The van der Waals surface area contributed by atoms with Gasteiger partial charge in [0.1, 0.15) is 0 Å². The van der Waals surface area contributed by atoms with Gasteiger partial charge in [0.2, 0.25) is 0 Å². The van der Waals surface area contributed by atoms with Crippen molar-refractivity contribution in [3.8, 4) is 0 Å². The number of carbonyl (C=O) groups is 1. The summed E-state index contributed by atoms with van der Waals surface area (Å²) in [4.78, 5) is 17.8. The van der Waals surface area contributed by atoms with E-state index in [0.717, 1.165) is 22.2 Å². The Bertz CT molecular complexity index is 507. The minimum Gasteiger partial charge on any atom is -0.481 e. The molecule has 0 aliphatic rings. The molecule has 78 valence electrons. The second kappa shape index (κ2) is 4.02. The van der Waals surface area contributed by atoms with E-state index in [1.54, 1.807) is 6.33 Å². The van der Waals surface area contributed by atoms with E-state index in [1.807, 2.05) is 12.1 Å². The van der Waals surface area contributed by atoms with E-state index >= 15 is 0 Å². The third-order valence-corrected chi connectivity index (χ3v) is 2.83. The summed E-state index contributed by atoms with van der Waals surface area (Å²) in [5.41, 5.74) is 3.51. The molecule has 0 aliphatic carbocycles. The minimum absolute atomic E-state index is 0.0315. The highest BCUT2D eigenvalue weighted by molar-refractivity contribution is 9.08. The zero-order valence-corrected chi connectivity index (χ0v) is 9.41. The minimum atomic E-state index is -0.827. The fraction of sp³-hybridized carbons (Fsp3) is 0.200. The fourth-order valence-corrected chi connectivity index (χ4v) is 2.21. The molecule has 5 heteroatoms. The SMILES string of the molecule is O=C(O)Cc1ccc2[nH]cnc2c1CBr. The van der Waals surface area contributed by atoms with Crippen LogP contribution >= 0.6 is 15.9 Å². The van der Waals surface area contributed by atoms with Crippen LogP contribution in [0.2, 0.25) is 0 Å². The number of nitrogens with zero attached hydrogens (tertiary/aromatic N) is 1. The van der Waals surface area contributed by atoms with Crippen LogP contribution in [0.5, 0.6) is 0 Å². The van der Waals surface area contributed by atoms with Crippen molar-refractivity contribution >= 4 is 32.9 Å². The van der Waals surface area contributed by atoms with Crippen LogP contribution in [-0.2, 0) is 16.5 Å².